The number of esters is 2. The summed E-state index contributed by atoms with van der Waals surface area (Å²) in [6.07, 6.45) is 2.13. The van der Waals surface area contributed by atoms with Crippen molar-refractivity contribution in [2.75, 3.05) is 20.8 Å². The Labute approximate surface area is 169 Å². The molecular weight excluding hydrogens is 374 g/mol. The van der Waals surface area contributed by atoms with E-state index in [-0.39, 0.29) is 23.7 Å². The summed E-state index contributed by atoms with van der Waals surface area (Å²) in [6.45, 7) is 1.74. The number of methoxy groups -OCH3 is 2. The first-order valence-electron chi connectivity index (χ1n) is 8.81. The second-order valence-electron chi connectivity index (χ2n) is 5.80. The van der Waals surface area contributed by atoms with E-state index in [9.17, 15) is 9.59 Å². The van der Waals surface area contributed by atoms with Gasteiger partial charge in [-0.05, 0) is 41.8 Å². The van der Waals surface area contributed by atoms with Crippen molar-refractivity contribution >= 4 is 18.0 Å². The smallest absolute Gasteiger partial charge is 0.349 e. The molecule has 0 spiro atoms. The van der Waals surface area contributed by atoms with Crippen molar-refractivity contribution in [1.29, 1.82) is 5.26 Å². The number of nitriles is 1. The van der Waals surface area contributed by atoms with E-state index in [4.69, 9.17) is 19.5 Å². The molecule has 0 N–H and O–H groups in total. The molecule has 0 radical (unpaired) electrons. The van der Waals surface area contributed by atoms with Crippen LogP contribution in [0.25, 0.3) is 6.08 Å². The van der Waals surface area contributed by atoms with E-state index in [2.05, 4.69) is 4.74 Å². The van der Waals surface area contributed by atoms with E-state index in [1.165, 1.54) is 32.4 Å². The lowest BCUT2D eigenvalue weighted by atomic mass is 10.1. The Morgan fingerprint density at radius 2 is 1.83 bits per heavy atom. The van der Waals surface area contributed by atoms with Crippen molar-refractivity contribution in [1.82, 2.24) is 0 Å². The minimum atomic E-state index is -0.744. The number of ether oxygens (including phenoxy) is 4. The maximum Gasteiger partial charge on any atom is 0.349 e. The number of benzene rings is 2. The fourth-order valence-corrected chi connectivity index (χ4v) is 2.50. The largest absolute Gasteiger partial charge is 0.493 e. The number of nitrogens with zero attached hydrogens (tertiary/aromatic N) is 1. The average Bonchev–Trinajstić information content (AvgIpc) is 2.76. The molecule has 2 aromatic rings. The third-order valence-corrected chi connectivity index (χ3v) is 3.95. The first kappa shape index (κ1) is 21.5. The first-order chi connectivity index (χ1) is 14.0. The monoisotopic (exact) mass is 395 g/mol. The summed E-state index contributed by atoms with van der Waals surface area (Å²) >= 11 is 0. The van der Waals surface area contributed by atoms with Gasteiger partial charge in [0.2, 0.25) is 0 Å². The van der Waals surface area contributed by atoms with Gasteiger partial charge in [-0.2, -0.15) is 5.26 Å². The molecule has 150 valence electrons. The molecule has 0 aromatic heterocycles. The molecule has 7 heteroatoms. The van der Waals surface area contributed by atoms with Crippen LogP contribution in [0.15, 0.2) is 48.0 Å². The molecule has 0 aliphatic heterocycles. The standard InChI is InChI=1S/C22H21NO6/c1-4-16-7-5-6-8-18(16)28-14-21(24)29-19-10-9-15(12-20(19)26-2)11-17(13-23)22(25)27-3/h5-12H,4,14H2,1-3H3/b17-11+. The lowest BCUT2D eigenvalue weighted by Gasteiger charge is -2.12. The lowest BCUT2D eigenvalue weighted by Crippen LogP contribution is -2.18. The second-order valence-corrected chi connectivity index (χ2v) is 5.80. The average molecular weight is 395 g/mol. The Morgan fingerprint density at radius 3 is 2.48 bits per heavy atom. The van der Waals surface area contributed by atoms with Crippen molar-refractivity contribution in [2.45, 2.75) is 13.3 Å². The van der Waals surface area contributed by atoms with Gasteiger partial charge in [0.25, 0.3) is 0 Å². The Bertz CT molecular complexity index is 958. The number of para-hydroxylation sites is 1. The van der Waals surface area contributed by atoms with E-state index in [0.29, 0.717) is 11.3 Å². The highest BCUT2D eigenvalue weighted by molar-refractivity contribution is 5.97. The second kappa shape index (κ2) is 10.5. The summed E-state index contributed by atoms with van der Waals surface area (Å²) in [5.74, 6) is -0.246. The van der Waals surface area contributed by atoms with Gasteiger partial charge < -0.3 is 18.9 Å². The molecule has 0 aliphatic carbocycles. The molecule has 29 heavy (non-hydrogen) atoms. The Balaban J connectivity index is 2.10. The third-order valence-electron chi connectivity index (χ3n) is 3.95. The van der Waals surface area contributed by atoms with E-state index in [1.54, 1.807) is 18.2 Å². The zero-order chi connectivity index (χ0) is 21.2. The number of carbonyl (C=O) groups is 2. The van der Waals surface area contributed by atoms with E-state index in [1.807, 2.05) is 25.1 Å². The van der Waals surface area contributed by atoms with Crippen molar-refractivity contribution in [2.24, 2.45) is 0 Å². The first-order valence-corrected chi connectivity index (χ1v) is 8.81. The van der Waals surface area contributed by atoms with Crippen LogP contribution < -0.4 is 14.2 Å². The summed E-state index contributed by atoms with van der Waals surface area (Å²) < 4.78 is 20.7. The fourth-order valence-electron chi connectivity index (χ4n) is 2.50. The number of aryl methyl sites for hydroxylation is 1. The van der Waals surface area contributed by atoms with Gasteiger partial charge in [0.05, 0.1) is 14.2 Å². The normalized spacial score (nSPS) is 10.6. The molecule has 0 fully saturated rings. The van der Waals surface area contributed by atoms with Gasteiger partial charge in [0.15, 0.2) is 18.1 Å². The molecule has 0 saturated carbocycles. The van der Waals surface area contributed by atoms with Gasteiger partial charge in [-0.1, -0.05) is 31.2 Å². The lowest BCUT2D eigenvalue weighted by molar-refractivity contribution is -0.137. The summed E-state index contributed by atoms with van der Waals surface area (Å²) in [7, 11) is 2.61. The molecule has 2 aromatic carbocycles. The van der Waals surface area contributed by atoms with Crippen LogP contribution in [0.5, 0.6) is 17.2 Å². The summed E-state index contributed by atoms with van der Waals surface area (Å²) in [4.78, 5) is 23.7. The fraction of sp³-hybridized carbons (Fsp3) is 0.227. The van der Waals surface area contributed by atoms with Gasteiger partial charge in [-0.25, -0.2) is 9.59 Å². The van der Waals surface area contributed by atoms with Crippen LogP contribution in [0.4, 0.5) is 0 Å². The summed E-state index contributed by atoms with van der Waals surface area (Å²) in [5.41, 5.74) is 1.34. The molecule has 0 amide bonds. The van der Waals surface area contributed by atoms with Gasteiger partial charge in [-0.15, -0.1) is 0 Å². The van der Waals surface area contributed by atoms with Crippen LogP contribution in [0.1, 0.15) is 18.1 Å². The number of carbonyl (C=O) groups excluding carboxylic acids is 2. The molecule has 0 unspecified atom stereocenters. The van der Waals surface area contributed by atoms with Crippen molar-refractivity contribution in [3.05, 3.63) is 59.2 Å². The van der Waals surface area contributed by atoms with Gasteiger partial charge in [0, 0.05) is 0 Å². The van der Waals surface area contributed by atoms with Crippen LogP contribution in [-0.2, 0) is 20.7 Å². The van der Waals surface area contributed by atoms with Gasteiger partial charge in [-0.3, -0.25) is 0 Å². The van der Waals surface area contributed by atoms with Crippen LogP contribution in [0.3, 0.4) is 0 Å². The Morgan fingerprint density at radius 1 is 1.07 bits per heavy atom. The summed E-state index contributed by atoms with van der Waals surface area (Å²) in [6, 6.07) is 13.9. The summed E-state index contributed by atoms with van der Waals surface area (Å²) in [5, 5.41) is 9.05. The van der Waals surface area contributed by atoms with Crippen LogP contribution in [-0.4, -0.2) is 32.8 Å². The third kappa shape index (κ3) is 5.84. The SMILES string of the molecule is CCc1ccccc1OCC(=O)Oc1ccc(/C=C(\C#N)C(=O)OC)cc1OC. The number of hydrogen-bond acceptors (Lipinski definition) is 7. The minimum absolute atomic E-state index is 0.165. The predicted molar refractivity (Wildman–Crippen MR) is 106 cm³/mol. The zero-order valence-corrected chi connectivity index (χ0v) is 16.4. The highest BCUT2D eigenvalue weighted by Gasteiger charge is 2.14. The van der Waals surface area contributed by atoms with Crippen molar-refractivity contribution in [3.63, 3.8) is 0 Å². The molecule has 7 nitrogen and oxygen atoms in total. The van der Waals surface area contributed by atoms with E-state index < -0.39 is 11.9 Å². The topological polar surface area (TPSA) is 94.9 Å². The van der Waals surface area contributed by atoms with Gasteiger partial charge >= 0.3 is 11.9 Å². The maximum absolute atomic E-state index is 12.2. The molecular formula is C22H21NO6. The number of hydrogen-bond donors (Lipinski definition) is 0. The highest BCUT2D eigenvalue weighted by Crippen LogP contribution is 2.29. The molecule has 0 aliphatic rings. The minimum Gasteiger partial charge on any atom is -0.493 e. The quantitative estimate of drug-likeness (QED) is 0.293. The van der Waals surface area contributed by atoms with Crippen molar-refractivity contribution < 1.29 is 28.5 Å². The van der Waals surface area contributed by atoms with Crippen LogP contribution >= 0.6 is 0 Å². The molecule has 0 saturated heterocycles. The van der Waals surface area contributed by atoms with Gasteiger partial charge in [0.1, 0.15) is 17.4 Å². The Hall–Kier alpha value is -3.79. The van der Waals surface area contributed by atoms with E-state index in [0.717, 1.165) is 12.0 Å². The predicted octanol–water partition coefficient (Wildman–Crippen LogP) is 3.32. The molecule has 2 rings (SSSR count). The molecule has 0 atom stereocenters. The zero-order valence-electron chi connectivity index (χ0n) is 16.4. The molecule has 0 heterocycles. The maximum atomic E-state index is 12.2. The van der Waals surface area contributed by atoms with Crippen molar-refractivity contribution in [3.8, 4) is 23.3 Å². The van der Waals surface area contributed by atoms with E-state index >= 15 is 0 Å². The van der Waals surface area contributed by atoms with Crippen LogP contribution in [0, 0.1) is 11.3 Å². The Kier molecular flexibility index (Phi) is 7.80. The number of rotatable bonds is 8. The van der Waals surface area contributed by atoms with Crippen LogP contribution in [0.2, 0.25) is 0 Å². The highest BCUT2D eigenvalue weighted by atomic mass is 16.6. The molecule has 0 bridgehead atoms.